The van der Waals surface area contributed by atoms with Gasteiger partial charge in [-0.05, 0) is 86.8 Å². The van der Waals surface area contributed by atoms with Crippen molar-refractivity contribution in [1.82, 2.24) is 5.32 Å². The first-order chi connectivity index (χ1) is 18.0. The molecular weight excluding hydrogens is 504 g/mol. The van der Waals surface area contributed by atoms with Crippen LogP contribution in [0.15, 0.2) is 72.8 Å². The van der Waals surface area contributed by atoms with Gasteiger partial charge >= 0.3 is 11.9 Å². The minimum absolute atomic E-state index is 0.172. The SMILES string of the molecule is CC(=O)Oc1ccc(C(=O)OC(C)(C)C(=O)NC(C)C(Cc2ccc(Cl)cc2)c2cccc(C#N)c2)cc1. The third kappa shape index (κ3) is 7.67. The van der Waals surface area contributed by atoms with E-state index < -0.39 is 23.4 Å². The number of halogens is 1. The molecule has 0 spiro atoms. The van der Waals surface area contributed by atoms with Gasteiger partial charge in [0.2, 0.25) is 0 Å². The molecular formula is C30H29ClN2O5. The number of nitriles is 1. The topological polar surface area (TPSA) is 105 Å². The molecule has 0 fully saturated rings. The van der Waals surface area contributed by atoms with Gasteiger partial charge in [0.25, 0.3) is 5.91 Å². The quantitative estimate of drug-likeness (QED) is 0.284. The zero-order chi connectivity index (χ0) is 27.9. The summed E-state index contributed by atoms with van der Waals surface area (Å²) in [6.07, 6.45) is 0.586. The number of amides is 1. The average molecular weight is 533 g/mol. The Bertz CT molecular complexity index is 1340. The van der Waals surface area contributed by atoms with Crippen molar-refractivity contribution in [2.24, 2.45) is 0 Å². The lowest BCUT2D eigenvalue weighted by Crippen LogP contribution is -2.50. The number of ether oxygens (including phenoxy) is 2. The first kappa shape index (κ1) is 28.4. The second-order valence-electron chi connectivity index (χ2n) is 9.45. The van der Waals surface area contributed by atoms with Gasteiger partial charge in [-0.3, -0.25) is 9.59 Å². The van der Waals surface area contributed by atoms with Crippen molar-refractivity contribution in [2.45, 2.75) is 51.7 Å². The Morgan fingerprint density at radius 1 is 1.03 bits per heavy atom. The Balaban J connectivity index is 1.75. The zero-order valence-electron chi connectivity index (χ0n) is 21.7. The second-order valence-corrected chi connectivity index (χ2v) is 9.89. The highest BCUT2D eigenvalue weighted by Gasteiger charge is 2.35. The average Bonchev–Trinajstić information content (AvgIpc) is 2.88. The van der Waals surface area contributed by atoms with Gasteiger partial charge in [0.15, 0.2) is 5.60 Å². The normalized spacial score (nSPS) is 12.5. The molecule has 196 valence electrons. The predicted octanol–water partition coefficient (Wildman–Crippen LogP) is 5.60. The highest BCUT2D eigenvalue weighted by atomic mass is 35.5. The first-order valence-corrected chi connectivity index (χ1v) is 12.4. The van der Waals surface area contributed by atoms with E-state index in [-0.39, 0.29) is 17.5 Å². The molecule has 1 amide bonds. The summed E-state index contributed by atoms with van der Waals surface area (Å²) in [4.78, 5) is 37.1. The molecule has 2 atom stereocenters. The van der Waals surface area contributed by atoms with E-state index in [1.54, 1.807) is 6.07 Å². The largest absolute Gasteiger partial charge is 0.446 e. The van der Waals surface area contributed by atoms with Crippen LogP contribution >= 0.6 is 11.6 Å². The number of esters is 2. The number of nitrogens with zero attached hydrogens (tertiary/aromatic N) is 1. The molecule has 38 heavy (non-hydrogen) atoms. The highest BCUT2D eigenvalue weighted by Crippen LogP contribution is 2.27. The van der Waals surface area contributed by atoms with E-state index in [0.717, 1.165) is 11.1 Å². The van der Waals surface area contributed by atoms with Crippen LogP contribution in [0, 0.1) is 11.3 Å². The van der Waals surface area contributed by atoms with Gasteiger partial charge in [0.1, 0.15) is 5.75 Å². The molecule has 0 radical (unpaired) electrons. The first-order valence-electron chi connectivity index (χ1n) is 12.1. The van der Waals surface area contributed by atoms with E-state index in [1.165, 1.54) is 45.0 Å². The Hall–Kier alpha value is -4.15. The third-order valence-electron chi connectivity index (χ3n) is 6.02. The minimum atomic E-state index is -1.47. The molecule has 0 bridgehead atoms. The van der Waals surface area contributed by atoms with Crippen LogP contribution in [0.5, 0.6) is 5.75 Å². The molecule has 3 rings (SSSR count). The maximum atomic E-state index is 13.3. The summed E-state index contributed by atoms with van der Waals surface area (Å²) in [5.41, 5.74) is 1.18. The van der Waals surface area contributed by atoms with Crippen LogP contribution in [-0.2, 0) is 20.7 Å². The predicted molar refractivity (Wildman–Crippen MR) is 144 cm³/mol. The summed E-state index contributed by atoms with van der Waals surface area (Å²) < 4.78 is 10.5. The Morgan fingerprint density at radius 2 is 1.68 bits per heavy atom. The fourth-order valence-electron chi connectivity index (χ4n) is 3.94. The smallest absolute Gasteiger partial charge is 0.339 e. The number of hydrogen-bond acceptors (Lipinski definition) is 6. The van der Waals surface area contributed by atoms with E-state index in [0.29, 0.717) is 22.8 Å². The van der Waals surface area contributed by atoms with Crippen molar-refractivity contribution in [1.29, 1.82) is 5.26 Å². The third-order valence-corrected chi connectivity index (χ3v) is 6.27. The molecule has 0 aliphatic rings. The van der Waals surface area contributed by atoms with Crippen LogP contribution in [0.25, 0.3) is 0 Å². The van der Waals surface area contributed by atoms with E-state index in [2.05, 4.69) is 11.4 Å². The van der Waals surface area contributed by atoms with Gasteiger partial charge in [-0.15, -0.1) is 0 Å². The lowest BCUT2D eigenvalue weighted by Gasteiger charge is -2.30. The Labute approximate surface area is 227 Å². The van der Waals surface area contributed by atoms with E-state index in [1.807, 2.05) is 49.4 Å². The van der Waals surface area contributed by atoms with Crippen molar-refractivity contribution in [3.63, 3.8) is 0 Å². The fourth-order valence-corrected chi connectivity index (χ4v) is 4.07. The molecule has 0 aliphatic heterocycles. The molecule has 1 N–H and O–H groups in total. The van der Waals surface area contributed by atoms with Crippen LogP contribution in [0.2, 0.25) is 5.02 Å². The standard InChI is InChI=1S/C30H29ClN2O5/c1-19(27(17-21-8-12-25(31)13-9-21)24-7-5-6-22(16-24)18-32)33-29(36)30(3,4)38-28(35)23-10-14-26(15-11-23)37-20(2)34/h5-16,19,27H,17H2,1-4H3,(H,33,36). The number of carbonyl (C=O) groups is 3. The molecule has 8 heteroatoms. The van der Waals surface area contributed by atoms with Gasteiger partial charge in [-0.1, -0.05) is 35.9 Å². The van der Waals surface area contributed by atoms with E-state index in [4.69, 9.17) is 21.1 Å². The van der Waals surface area contributed by atoms with Crippen LogP contribution in [-0.4, -0.2) is 29.5 Å². The summed E-state index contributed by atoms with van der Waals surface area (Å²) in [7, 11) is 0. The molecule has 7 nitrogen and oxygen atoms in total. The number of carbonyl (C=O) groups excluding carboxylic acids is 3. The maximum Gasteiger partial charge on any atom is 0.339 e. The van der Waals surface area contributed by atoms with Crippen molar-refractivity contribution < 1.29 is 23.9 Å². The Kier molecular flexibility index (Phi) is 9.27. The number of benzene rings is 3. The lowest BCUT2D eigenvalue weighted by atomic mass is 9.85. The van der Waals surface area contributed by atoms with Crippen LogP contribution in [0.3, 0.4) is 0 Å². The summed E-state index contributed by atoms with van der Waals surface area (Å²) in [6.45, 7) is 6.20. The maximum absolute atomic E-state index is 13.3. The van der Waals surface area contributed by atoms with Gasteiger partial charge in [0.05, 0.1) is 17.2 Å². The second kappa shape index (κ2) is 12.4. The van der Waals surface area contributed by atoms with Crippen LogP contribution < -0.4 is 10.1 Å². The molecule has 3 aromatic rings. The van der Waals surface area contributed by atoms with Crippen LogP contribution in [0.1, 0.15) is 60.7 Å². The minimum Gasteiger partial charge on any atom is -0.446 e. The fraction of sp³-hybridized carbons (Fsp3) is 0.267. The van der Waals surface area contributed by atoms with Crippen molar-refractivity contribution in [3.8, 4) is 11.8 Å². The zero-order valence-corrected chi connectivity index (χ0v) is 22.4. The number of hydrogen-bond donors (Lipinski definition) is 1. The molecule has 3 aromatic carbocycles. The monoisotopic (exact) mass is 532 g/mol. The Morgan fingerprint density at radius 3 is 2.29 bits per heavy atom. The van der Waals surface area contributed by atoms with Crippen LogP contribution in [0.4, 0.5) is 0 Å². The van der Waals surface area contributed by atoms with Crippen molar-refractivity contribution in [3.05, 3.63) is 100 Å². The van der Waals surface area contributed by atoms with E-state index in [9.17, 15) is 19.6 Å². The van der Waals surface area contributed by atoms with Crippen molar-refractivity contribution in [2.75, 3.05) is 0 Å². The lowest BCUT2D eigenvalue weighted by molar-refractivity contribution is -0.138. The number of nitrogens with one attached hydrogen (secondary N) is 1. The van der Waals surface area contributed by atoms with Crippen molar-refractivity contribution >= 4 is 29.4 Å². The molecule has 0 saturated carbocycles. The van der Waals surface area contributed by atoms with Gasteiger partial charge in [0, 0.05) is 23.9 Å². The molecule has 0 aromatic heterocycles. The van der Waals surface area contributed by atoms with Gasteiger partial charge in [-0.25, -0.2) is 4.79 Å². The summed E-state index contributed by atoms with van der Waals surface area (Å²) >= 11 is 6.05. The molecule has 0 aliphatic carbocycles. The molecule has 0 saturated heterocycles. The summed E-state index contributed by atoms with van der Waals surface area (Å²) in [6, 6.07) is 22.4. The molecule has 2 unspecified atom stereocenters. The van der Waals surface area contributed by atoms with Gasteiger partial charge < -0.3 is 14.8 Å². The van der Waals surface area contributed by atoms with E-state index >= 15 is 0 Å². The molecule has 0 heterocycles. The van der Waals surface area contributed by atoms with Gasteiger partial charge in [-0.2, -0.15) is 5.26 Å². The summed E-state index contributed by atoms with van der Waals surface area (Å²) in [5, 5.41) is 13.0. The highest BCUT2D eigenvalue weighted by molar-refractivity contribution is 6.30. The summed E-state index contributed by atoms with van der Waals surface area (Å²) in [5.74, 6) is -1.50. The number of rotatable bonds is 9.